The largest absolute Gasteiger partial charge is 0.424 e. The normalized spacial score (nSPS) is 23.5. The van der Waals surface area contributed by atoms with Crippen LogP contribution in [0.4, 0.5) is 17.4 Å². The van der Waals surface area contributed by atoms with E-state index in [0.717, 1.165) is 42.7 Å². The van der Waals surface area contributed by atoms with Crippen LogP contribution in [0.25, 0.3) is 11.1 Å². The van der Waals surface area contributed by atoms with Gasteiger partial charge in [0.15, 0.2) is 5.58 Å². The van der Waals surface area contributed by atoms with E-state index in [4.69, 9.17) is 4.42 Å². The number of fused-ring (bicyclic) bond motifs is 1. The minimum absolute atomic E-state index is 0.151. The van der Waals surface area contributed by atoms with Crippen molar-refractivity contribution in [3.8, 4) is 0 Å². The fraction of sp³-hybridized carbons (Fsp3) is 0.500. The van der Waals surface area contributed by atoms with Crippen molar-refractivity contribution in [2.45, 2.75) is 57.9 Å². The van der Waals surface area contributed by atoms with Gasteiger partial charge >= 0.3 is 0 Å². The van der Waals surface area contributed by atoms with Gasteiger partial charge in [-0.1, -0.05) is 18.9 Å². The molecule has 3 aromatic rings. The molecular formula is C26H32N4O3. The molecule has 1 saturated heterocycles. The Labute approximate surface area is 194 Å². The first-order valence-electron chi connectivity index (χ1n) is 12.2. The minimum Gasteiger partial charge on any atom is -0.424 e. The lowest BCUT2D eigenvalue weighted by Crippen LogP contribution is -2.39. The topological polar surface area (TPSA) is 84.4 Å². The van der Waals surface area contributed by atoms with Gasteiger partial charge in [0.1, 0.15) is 5.52 Å². The van der Waals surface area contributed by atoms with E-state index in [9.17, 15) is 10.1 Å². The van der Waals surface area contributed by atoms with Gasteiger partial charge in [0.05, 0.1) is 4.92 Å². The Hall–Kier alpha value is -3.09. The molecular weight excluding hydrogens is 416 g/mol. The summed E-state index contributed by atoms with van der Waals surface area (Å²) in [6, 6.07) is 14.2. The molecule has 33 heavy (non-hydrogen) atoms. The van der Waals surface area contributed by atoms with Gasteiger partial charge in [-0.05, 0) is 80.7 Å². The minimum atomic E-state index is -0.336. The van der Waals surface area contributed by atoms with Crippen LogP contribution in [0.15, 0.2) is 46.9 Å². The summed E-state index contributed by atoms with van der Waals surface area (Å²) >= 11 is 0. The summed E-state index contributed by atoms with van der Waals surface area (Å²) in [5.74, 6) is 1.24. The zero-order chi connectivity index (χ0) is 22.8. The number of aryl methyl sites for hydroxylation is 1. The maximum atomic E-state index is 11.0. The number of rotatable bonds is 6. The summed E-state index contributed by atoms with van der Waals surface area (Å²) in [4.78, 5) is 17.7. The van der Waals surface area contributed by atoms with Gasteiger partial charge in [-0.15, -0.1) is 0 Å². The summed E-state index contributed by atoms with van der Waals surface area (Å²) in [7, 11) is 0. The quantitative estimate of drug-likeness (QED) is 0.351. The molecule has 174 valence electrons. The molecule has 2 aliphatic rings. The molecule has 1 aliphatic carbocycles. The third-order valence-corrected chi connectivity index (χ3v) is 7.34. The lowest BCUT2D eigenvalue weighted by Gasteiger charge is -2.39. The molecule has 0 unspecified atom stereocenters. The highest BCUT2D eigenvalue weighted by Gasteiger charge is 2.31. The van der Waals surface area contributed by atoms with Crippen molar-refractivity contribution in [2.75, 3.05) is 23.3 Å². The third kappa shape index (κ3) is 4.97. The molecule has 3 atom stereocenters. The number of anilines is 2. The molecule has 5 rings (SSSR count). The summed E-state index contributed by atoms with van der Waals surface area (Å²) in [6.45, 7) is 4.11. The number of nitrogens with zero attached hydrogens (tertiary/aromatic N) is 3. The van der Waals surface area contributed by atoms with Crippen molar-refractivity contribution in [1.29, 1.82) is 0 Å². The van der Waals surface area contributed by atoms with Gasteiger partial charge in [-0.3, -0.25) is 10.1 Å². The van der Waals surface area contributed by atoms with E-state index >= 15 is 0 Å². The summed E-state index contributed by atoms with van der Waals surface area (Å²) in [5, 5.41) is 14.6. The van der Waals surface area contributed by atoms with Crippen molar-refractivity contribution < 1.29 is 9.34 Å². The van der Waals surface area contributed by atoms with Crippen LogP contribution >= 0.6 is 0 Å². The zero-order valence-corrected chi connectivity index (χ0v) is 19.2. The third-order valence-electron chi connectivity index (χ3n) is 7.34. The summed E-state index contributed by atoms with van der Waals surface area (Å²) in [6.07, 6.45) is 8.53. The van der Waals surface area contributed by atoms with Crippen molar-refractivity contribution in [3.05, 3.63) is 58.1 Å². The van der Waals surface area contributed by atoms with E-state index in [-0.39, 0.29) is 10.6 Å². The molecule has 1 saturated carbocycles. The highest BCUT2D eigenvalue weighted by atomic mass is 16.6. The number of non-ortho nitro benzene ring substituents is 1. The van der Waals surface area contributed by atoms with Gasteiger partial charge < -0.3 is 14.6 Å². The van der Waals surface area contributed by atoms with Crippen molar-refractivity contribution >= 4 is 28.5 Å². The lowest BCUT2D eigenvalue weighted by atomic mass is 9.77. The molecule has 1 aliphatic heterocycles. The van der Waals surface area contributed by atoms with E-state index in [1.807, 2.05) is 18.2 Å². The predicted molar refractivity (Wildman–Crippen MR) is 131 cm³/mol. The number of piperidine rings is 1. The monoisotopic (exact) mass is 448 g/mol. The molecule has 0 radical (unpaired) electrons. The number of nitro groups is 1. The number of nitrogens with one attached hydrogen (secondary N) is 1. The second kappa shape index (κ2) is 9.41. The van der Waals surface area contributed by atoms with Gasteiger partial charge in [-0.25, -0.2) is 0 Å². The van der Waals surface area contributed by atoms with Gasteiger partial charge in [0.25, 0.3) is 11.7 Å². The number of hydrogen-bond acceptors (Lipinski definition) is 6. The van der Waals surface area contributed by atoms with Gasteiger partial charge in [0.2, 0.25) is 0 Å². The first kappa shape index (κ1) is 21.7. The van der Waals surface area contributed by atoms with Crippen molar-refractivity contribution in [3.63, 3.8) is 0 Å². The molecule has 2 fully saturated rings. The highest BCUT2D eigenvalue weighted by molar-refractivity contribution is 5.75. The van der Waals surface area contributed by atoms with Crippen LogP contribution in [0.1, 0.15) is 50.5 Å². The number of benzene rings is 2. The van der Waals surface area contributed by atoms with Crippen molar-refractivity contribution in [2.24, 2.45) is 11.8 Å². The lowest BCUT2D eigenvalue weighted by molar-refractivity contribution is -0.384. The average molecular weight is 449 g/mol. The molecule has 2 aromatic carbocycles. The standard InChI is InChI=1S/C26H32N4O3/c1-18-8-13-25-24(15-18)28-26(33-25)27-23-7-3-2-6-20(23)16-19-5-4-14-29(17-19)21-9-11-22(12-10-21)30(31)32/h8-13,15,19-20,23H,2-7,14,16-17H2,1H3,(H,27,28)/t19-,20+,23-/m1/s1. The highest BCUT2D eigenvalue weighted by Crippen LogP contribution is 2.36. The summed E-state index contributed by atoms with van der Waals surface area (Å²) < 4.78 is 5.99. The maximum Gasteiger partial charge on any atom is 0.295 e. The SMILES string of the molecule is Cc1ccc2oc(N[C@@H]3CCCC[C@H]3C[C@H]3CCCN(c4ccc([N+](=O)[O-])cc4)C3)nc2c1. The molecule has 0 bridgehead atoms. The Kier molecular flexibility index (Phi) is 6.20. The Balaban J connectivity index is 1.24. The molecule has 1 aromatic heterocycles. The number of aromatic nitrogens is 1. The molecule has 0 amide bonds. The smallest absolute Gasteiger partial charge is 0.295 e. The van der Waals surface area contributed by atoms with E-state index in [1.165, 1.54) is 37.7 Å². The van der Waals surface area contributed by atoms with E-state index in [0.29, 0.717) is 23.9 Å². The molecule has 0 spiro atoms. The molecule has 7 heteroatoms. The van der Waals surface area contributed by atoms with Crippen LogP contribution in [0, 0.1) is 28.9 Å². The van der Waals surface area contributed by atoms with E-state index < -0.39 is 0 Å². The predicted octanol–water partition coefficient (Wildman–Crippen LogP) is 6.32. The fourth-order valence-electron chi connectivity index (χ4n) is 5.64. The van der Waals surface area contributed by atoms with Crippen molar-refractivity contribution in [1.82, 2.24) is 4.98 Å². The Bertz CT molecular complexity index is 1110. The fourth-order valence-corrected chi connectivity index (χ4v) is 5.64. The number of oxazole rings is 1. The molecule has 2 heterocycles. The Morgan fingerprint density at radius 1 is 1.12 bits per heavy atom. The van der Waals surface area contributed by atoms with Crippen LogP contribution < -0.4 is 10.2 Å². The molecule has 7 nitrogen and oxygen atoms in total. The first-order chi connectivity index (χ1) is 16.0. The van der Waals surface area contributed by atoms with Crippen LogP contribution in [-0.2, 0) is 0 Å². The van der Waals surface area contributed by atoms with Crippen LogP contribution in [-0.4, -0.2) is 29.0 Å². The zero-order valence-electron chi connectivity index (χ0n) is 19.2. The van der Waals surface area contributed by atoms with Gasteiger partial charge in [-0.2, -0.15) is 4.98 Å². The summed E-state index contributed by atoms with van der Waals surface area (Å²) in [5.41, 5.74) is 4.17. The van der Waals surface area contributed by atoms with Crippen LogP contribution in [0.2, 0.25) is 0 Å². The van der Waals surface area contributed by atoms with E-state index in [1.54, 1.807) is 12.1 Å². The van der Waals surface area contributed by atoms with E-state index in [2.05, 4.69) is 34.3 Å². The first-order valence-corrected chi connectivity index (χ1v) is 12.2. The van der Waals surface area contributed by atoms with Crippen LogP contribution in [0.3, 0.4) is 0 Å². The Morgan fingerprint density at radius 3 is 2.76 bits per heavy atom. The number of hydrogen-bond donors (Lipinski definition) is 1. The van der Waals surface area contributed by atoms with Crippen LogP contribution in [0.5, 0.6) is 0 Å². The molecule has 1 N–H and O–H groups in total. The Morgan fingerprint density at radius 2 is 1.94 bits per heavy atom. The average Bonchev–Trinajstić information content (AvgIpc) is 3.22. The number of nitro benzene ring substituents is 1. The maximum absolute atomic E-state index is 11.0. The second-order valence-electron chi connectivity index (χ2n) is 9.75. The van der Waals surface area contributed by atoms with Gasteiger partial charge in [0, 0.05) is 37.0 Å². The second-order valence-corrected chi connectivity index (χ2v) is 9.75.